The zero-order chi connectivity index (χ0) is 13.2. The van der Waals surface area contributed by atoms with Gasteiger partial charge in [0.1, 0.15) is 17.8 Å². The van der Waals surface area contributed by atoms with Crippen LogP contribution in [-0.2, 0) is 4.79 Å². The zero-order valence-corrected chi connectivity index (χ0v) is 10.00. The van der Waals surface area contributed by atoms with Crippen molar-refractivity contribution in [3.8, 4) is 11.3 Å². The number of nitrogens with one attached hydrogen (secondary N) is 1. The second-order valence-corrected chi connectivity index (χ2v) is 4.39. The molecule has 1 saturated carbocycles. The predicted octanol–water partition coefficient (Wildman–Crippen LogP) is 1.45. The van der Waals surface area contributed by atoms with E-state index in [4.69, 9.17) is 4.42 Å². The van der Waals surface area contributed by atoms with Crippen molar-refractivity contribution < 1.29 is 9.21 Å². The van der Waals surface area contributed by atoms with Gasteiger partial charge in [-0.05, 0) is 25.0 Å². The van der Waals surface area contributed by atoms with Gasteiger partial charge in [0.2, 0.25) is 5.91 Å². The van der Waals surface area contributed by atoms with Crippen molar-refractivity contribution in [3.05, 3.63) is 41.3 Å². The predicted molar refractivity (Wildman–Crippen MR) is 67.4 cm³/mol. The van der Waals surface area contributed by atoms with Crippen LogP contribution in [-0.4, -0.2) is 15.9 Å². The molecule has 0 saturated heterocycles. The molecule has 2 heterocycles. The van der Waals surface area contributed by atoms with Crippen molar-refractivity contribution in [3.63, 3.8) is 0 Å². The molecule has 6 heteroatoms. The summed E-state index contributed by atoms with van der Waals surface area (Å²) in [5.41, 5.74) is 0.201. The third-order valence-corrected chi connectivity index (χ3v) is 2.88. The number of nitrogens with zero attached hydrogens (tertiary/aromatic N) is 2. The minimum Gasteiger partial charge on any atom is -0.421 e. The number of aromatic nitrogens is 2. The lowest BCUT2D eigenvalue weighted by molar-refractivity contribution is -0.117. The summed E-state index contributed by atoms with van der Waals surface area (Å²) in [7, 11) is 0. The Kier molecular flexibility index (Phi) is 2.83. The number of anilines is 1. The molecule has 1 aliphatic rings. The van der Waals surface area contributed by atoms with Gasteiger partial charge in [0, 0.05) is 18.3 Å². The van der Waals surface area contributed by atoms with E-state index in [0.29, 0.717) is 11.3 Å². The molecule has 96 valence electrons. The normalized spacial score (nSPS) is 14.1. The summed E-state index contributed by atoms with van der Waals surface area (Å²) in [5, 5.41) is 2.57. The fraction of sp³-hybridized carbons (Fsp3) is 0.231. The molecule has 0 atom stereocenters. The van der Waals surface area contributed by atoms with Gasteiger partial charge >= 0.3 is 5.63 Å². The minimum atomic E-state index is -0.574. The molecular weight excluding hydrogens is 246 g/mol. The summed E-state index contributed by atoms with van der Waals surface area (Å²) in [6, 6.07) is 3.15. The van der Waals surface area contributed by atoms with Crippen molar-refractivity contribution in [2.45, 2.75) is 12.8 Å². The maximum Gasteiger partial charge on any atom is 0.360 e. The van der Waals surface area contributed by atoms with Crippen molar-refractivity contribution in [1.82, 2.24) is 9.97 Å². The van der Waals surface area contributed by atoms with E-state index in [1.54, 1.807) is 18.5 Å². The van der Waals surface area contributed by atoms with Crippen LogP contribution in [0.4, 0.5) is 5.69 Å². The number of hydrogen-bond donors (Lipinski definition) is 1. The lowest BCUT2D eigenvalue weighted by Gasteiger charge is -2.03. The molecule has 6 nitrogen and oxygen atoms in total. The molecule has 0 bridgehead atoms. The van der Waals surface area contributed by atoms with Crippen LogP contribution in [0.3, 0.4) is 0 Å². The molecule has 19 heavy (non-hydrogen) atoms. The standard InChI is InChI=1S/C13H11N3O3/c17-12(8-1-2-8)16-10-3-4-11(19-13(10)18)9-5-14-7-15-6-9/h3-8H,1-2H2,(H,16,17). The van der Waals surface area contributed by atoms with Gasteiger partial charge in [-0.15, -0.1) is 0 Å². The van der Waals surface area contributed by atoms with E-state index >= 15 is 0 Å². The Bertz CT molecular complexity index is 662. The molecule has 2 aromatic rings. The summed E-state index contributed by atoms with van der Waals surface area (Å²) < 4.78 is 5.15. The highest BCUT2D eigenvalue weighted by Crippen LogP contribution is 2.29. The average molecular weight is 257 g/mol. The van der Waals surface area contributed by atoms with E-state index < -0.39 is 5.63 Å². The first-order valence-electron chi connectivity index (χ1n) is 5.94. The van der Waals surface area contributed by atoms with Gasteiger partial charge in [-0.3, -0.25) is 4.79 Å². The van der Waals surface area contributed by atoms with Gasteiger partial charge in [0.15, 0.2) is 0 Å². The molecule has 2 aromatic heterocycles. The lowest BCUT2D eigenvalue weighted by Crippen LogP contribution is -2.18. The summed E-state index contributed by atoms with van der Waals surface area (Å²) in [6.07, 6.45) is 6.26. The molecule has 1 aliphatic carbocycles. The summed E-state index contributed by atoms with van der Waals surface area (Å²) in [6.45, 7) is 0. The van der Waals surface area contributed by atoms with Crippen LogP contribution in [0.5, 0.6) is 0 Å². The highest BCUT2D eigenvalue weighted by molar-refractivity contribution is 5.93. The molecule has 1 fully saturated rings. The second-order valence-electron chi connectivity index (χ2n) is 4.39. The molecule has 0 aliphatic heterocycles. The number of amides is 1. The fourth-order valence-electron chi connectivity index (χ4n) is 1.67. The third kappa shape index (κ3) is 2.52. The maximum absolute atomic E-state index is 11.8. The van der Waals surface area contributed by atoms with E-state index in [-0.39, 0.29) is 17.5 Å². The summed E-state index contributed by atoms with van der Waals surface area (Å²) in [5.74, 6) is 0.291. The topological polar surface area (TPSA) is 85.1 Å². The first-order chi connectivity index (χ1) is 9.24. The van der Waals surface area contributed by atoms with Crippen molar-refractivity contribution in [2.24, 2.45) is 5.92 Å². The average Bonchev–Trinajstić information content (AvgIpc) is 3.26. The highest BCUT2D eigenvalue weighted by atomic mass is 16.4. The minimum absolute atomic E-state index is 0.0431. The zero-order valence-electron chi connectivity index (χ0n) is 10.00. The molecule has 1 amide bonds. The SMILES string of the molecule is O=C(Nc1ccc(-c2cncnc2)oc1=O)C1CC1. The van der Waals surface area contributed by atoms with Crippen molar-refractivity contribution in [2.75, 3.05) is 5.32 Å². The number of carbonyl (C=O) groups is 1. The summed E-state index contributed by atoms with van der Waals surface area (Å²) >= 11 is 0. The number of carbonyl (C=O) groups excluding carboxylic acids is 1. The van der Waals surface area contributed by atoms with E-state index in [9.17, 15) is 9.59 Å². The van der Waals surface area contributed by atoms with Crippen molar-refractivity contribution >= 4 is 11.6 Å². The lowest BCUT2D eigenvalue weighted by atomic mass is 10.2. The van der Waals surface area contributed by atoms with E-state index in [1.807, 2.05) is 0 Å². The molecule has 0 aromatic carbocycles. The van der Waals surface area contributed by atoms with Gasteiger partial charge in [0.05, 0.1) is 5.56 Å². The maximum atomic E-state index is 11.8. The smallest absolute Gasteiger partial charge is 0.360 e. The van der Waals surface area contributed by atoms with Crippen LogP contribution in [0, 0.1) is 5.92 Å². The first kappa shape index (κ1) is 11.6. The Morgan fingerprint density at radius 2 is 2.00 bits per heavy atom. The molecule has 3 rings (SSSR count). The van der Waals surface area contributed by atoms with E-state index in [2.05, 4.69) is 15.3 Å². The van der Waals surface area contributed by atoms with Gasteiger partial charge in [-0.25, -0.2) is 14.8 Å². The van der Waals surface area contributed by atoms with Gasteiger partial charge < -0.3 is 9.73 Å². The van der Waals surface area contributed by atoms with Crippen LogP contribution in [0.1, 0.15) is 12.8 Å². The number of rotatable bonds is 3. The summed E-state index contributed by atoms with van der Waals surface area (Å²) in [4.78, 5) is 31.0. The monoisotopic (exact) mass is 257 g/mol. The molecule has 0 spiro atoms. The van der Waals surface area contributed by atoms with E-state index in [1.165, 1.54) is 12.4 Å². The molecule has 1 N–H and O–H groups in total. The number of hydrogen-bond acceptors (Lipinski definition) is 5. The molecular formula is C13H11N3O3. The van der Waals surface area contributed by atoms with Crippen LogP contribution < -0.4 is 10.9 Å². The Balaban J connectivity index is 1.85. The second kappa shape index (κ2) is 4.64. The van der Waals surface area contributed by atoms with Gasteiger partial charge in [-0.1, -0.05) is 0 Å². The first-order valence-corrected chi connectivity index (χ1v) is 5.94. The van der Waals surface area contributed by atoms with Crippen LogP contribution in [0.2, 0.25) is 0 Å². The van der Waals surface area contributed by atoms with Crippen LogP contribution in [0.15, 0.2) is 40.1 Å². The Hall–Kier alpha value is -2.50. The van der Waals surface area contributed by atoms with Crippen molar-refractivity contribution in [1.29, 1.82) is 0 Å². The van der Waals surface area contributed by atoms with Crippen LogP contribution in [0.25, 0.3) is 11.3 Å². The van der Waals surface area contributed by atoms with Gasteiger partial charge in [0.25, 0.3) is 0 Å². The molecule has 0 unspecified atom stereocenters. The fourth-order valence-corrected chi connectivity index (χ4v) is 1.67. The Labute approximate surface area is 108 Å². The Morgan fingerprint density at radius 1 is 1.26 bits per heavy atom. The van der Waals surface area contributed by atoms with Crippen LogP contribution >= 0.6 is 0 Å². The highest BCUT2D eigenvalue weighted by Gasteiger charge is 2.30. The van der Waals surface area contributed by atoms with E-state index in [0.717, 1.165) is 12.8 Å². The third-order valence-electron chi connectivity index (χ3n) is 2.88. The quantitative estimate of drug-likeness (QED) is 0.899. The Morgan fingerprint density at radius 3 is 2.63 bits per heavy atom. The largest absolute Gasteiger partial charge is 0.421 e. The molecule has 0 radical (unpaired) electrons. The van der Waals surface area contributed by atoms with Gasteiger partial charge in [-0.2, -0.15) is 0 Å².